The zero-order valence-corrected chi connectivity index (χ0v) is 11.7. The van der Waals surface area contributed by atoms with Gasteiger partial charge in [0.1, 0.15) is 17.1 Å². The fourth-order valence-corrected chi connectivity index (χ4v) is 2.44. The van der Waals surface area contributed by atoms with E-state index < -0.39 is 0 Å². The third-order valence-electron chi connectivity index (χ3n) is 2.55. The van der Waals surface area contributed by atoms with Crippen molar-refractivity contribution in [1.82, 2.24) is 15.0 Å². The zero-order chi connectivity index (χ0) is 13.8. The summed E-state index contributed by atoms with van der Waals surface area (Å²) >= 11 is 1.46. The molecule has 0 fully saturated rings. The number of amides is 1. The summed E-state index contributed by atoms with van der Waals surface area (Å²) in [6.45, 7) is 2.76. The topological polar surface area (TPSA) is 85.2 Å². The lowest BCUT2D eigenvalue weighted by Crippen LogP contribution is -2.26. The third kappa shape index (κ3) is 3.39. The van der Waals surface area contributed by atoms with Crippen molar-refractivity contribution in [2.75, 3.05) is 13.6 Å². The van der Waals surface area contributed by atoms with Crippen molar-refractivity contribution in [2.24, 2.45) is 5.73 Å². The van der Waals surface area contributed by atoms with Crippen LogP contribution in [0.1, 0.15) is 27.0 Å². The van der Waals surface area contributed by atoms with Crippen molar-refractivity contribution in [3.05, 3.63) is 33.6 Å². The Hall–Kier alpha value is -1.73. The minimum atomic E-state index is -0.125. The first-order valence-electron chi connectivity index (χ1n) is 5.92. The normalized spacial score (nSPS) is 10.7. The maximum Gasteiger partial charge on any atom is 0.273 e. The van der Waals surface area contributed by atoms with Crippen LogP contribution in [0.2, 0.25) is 0 Å². The molecule has 0 bridgehead atoms. The van der Waals surface area contributed by atoms with E-state index in [1.807, 2.05) is 13.0 Å². The summed E-state index contributed by atoms with van der Waals surface area (Å²) in [7, 11) is 1.72. The summed E-state index contributed by atoms with van der Waals surface area (Å²) in [5.74, 6) is 0.606. The molecule has 102 valence electrons. The quantitative estimate of drug-likeness (QED) is 0.890. The number of hydrogen-bond acceptors (Lipinski definition) is 6. The van der Waals surface area contributed by atoms with Gasteiger partial charge in [0, 0.05) is 24.9 Å². The number of aromatic nitrogens is 2. The summed E-state index contributed by atoms with van der Waals surface area (Å²) in [5, 5.41) is 6.51. The first-order valence-corrected chi connectivity index (χ1v) is 6.80. The Balaban J connectivity index is 2.01. The standard InChI is InChI=1S/C12H16N4O2S/c1-8-5-9(15-18-8)6-16(2)12(17)10-7-19-11(14-10)3-4-13/h5,7H,3-4,6,13H2,1-2H3. The van der Waals surface area contributed by atoms with Crippen molar-refractivity contribution in [3.63, 3.8) is 0 Å². The first-order chi connectivity index (χ1) is 9.10. The molecular weight excluding hydrogens is 264 g/mol. The molecule has 2 aromatic rings. The number of carbonyl (C=O) groups excluding carboxylic acids is 1. The average molecular weight is 280 g/mol. The van der Waals surface area contributed by atoms with Gasteiger partial charge in [-0.1, -0.05) is 5.16 Å². The van der Waals surface area contributed by atoms with E-state index in [0.717, 1.165) is 16.5 Å². The van der Waals surface area contributed by atoms with Gasteiger partial charge in [0.25, 0.3) is 5.91 Å². The molecule has 0 saturated heterocycles. The van der Waals surface area contributed by atoms with E-state index in [4.69, 9.17) is 10.3 Å². The smallest absolute Gasteiger partial charge is 0.273 e. The number of aryl methyl sites for hydroxylation is 1. The summed E-state index contributed by atoms with van der Waals surface area (Å²) in [6, 6.07) is 1.81. The van der Waals surface area contributed by atoms with Gasteiger partial charge in [-0.05, 0) is 13.5 Å². The zero-order valence-electron chi connectivity index (χ0n) is 10.9. The van der Waals surface area contributed by atoms with Crippen molar-refractivity contribution in [1.29, 1.82) is 0 Å². The highest BCUT2D eigenvalue weighted by atomic mass is 32.1. The van der Waals surface area contributed by atoms with E-state index in [1.165, 1.54) is 11.3 Å². The summed E-state index contributed by atoms with van der Waals surface area (Å²) in [5.41, 5.74) is 6.65. The van der Waals surface area contributed by atoms with Gasteiger partial charge in [-0.25, -0.2) is 4.98 Å². The monoisotopic (exact) mass is 280 g/mol. The molecule has 0 spiro atoms. The number of rotatable bonds is 5. The average Bonchev–Trinajstić information content (AvgIpc) is 2.98. The summed E-state index contributed by atoms with van der Waals surface area (Å²) in [4.78, 5) is 18.0. The van der Waals surface area contributed by atoms with Crippen LogP contribution in [-0.2, 0) is 13.0 Å². The van der Waals surface area contributed by atoms with Gasteiger partial charge in [0.2, 0.25) is 0 Å². The molecule has 7 heteroatoms. The molecule has 0 radical (unpaired) electrons. The van der Waals surface area contributed by atoms with Crippen LogP contribution in [0.15, 0.2) is 16.0 Å². The lowest BCUT2D eigenvalue weighted by Gasteiger charge is -2.13. The van der Waals surface area contributed by atoms with E-state index in [1.54, 1.807) is 17.3 Å². The van der Waals surface area contributed by atoms with Gasteiger partial charge in [-0.2, -0.15) is 0 Å². The van der Waals surface area contributed by atoms with Crippen molar-refractivity contribution < 1.29 is 9.32 Å². The lowest BCUT2D eigenvalue weighted by atomic mass is 10.3. The fraction of sp³-hybridized carbons (Fsp3) is 0.417. The second kappa shape index (κ2) is 5.94. The second-order valence-electron chi connectivity index (χ2n) is 4.26. The molecule has 2 N–H and O–H groups in total. The molecule has 2 heterocycles. The van der Waals surface area contributed by atoms with Crippen molar-refractivity contribution in [3.8, 4) is 0 Å². The molecule has 0 aromatic carbocycles. The van der Waals surface area contributed by atoms with Crippen LogP contribution >= 0.6 is 11.3 Å². The molecular formula is C12H16N4O2S. The van der Waals surface area contributed by atoms with E-state index in [0.29, 0.717) is 25.2 Å². The molecule has 0 saturated carbocycles. The summed E-state index contributed by atoms with van der Waals surface area (Å²) in [6.07, 6.45) is 0.699. The predicted molar refractivity (Wildman–Crippen MR) is 71.9 cm³/mol. The van der Waals surface area contributed by atoms with Gasteiger partial charge in [-0.15, -0.1) is 11.3 Å². The second-order valence-corrected chi connectivity index (χ2v) is 5.20. The molecule has 6 nitrogen and oxygen atoms in total. The Kier molecular flexibility index (Phi) is 4.28. The van der Waals surface area contributed by atoms with Gasteiger partial charge in [0.15, 0.2) is 0 Å². The van der Waals surface area contributed by atoms with Gasteiger partial charge < -0.3 is 15.2 Å². The van der Waals surface area contributed by atoms with Crippen LogP contribution in [0.25, 0.3) is 0 Å². The molecule has 0 atom stereocenters. The van der Waals surface area contributed by atoms with Crippen molar-refractivity contribution >= 4 is 17.2 Å². The van der Waals surface area contributed by atoms with Crippen LogP contribution in [0.5, 0.6) is 0 Å². The van der Waals surface area contributed by atoms with Crippen LogP contribution in [-0.4, -0.2) is 34.5 Å². The van der Waals surface area contributed by atoms with E-state index in [-0.39, 0.29) is 5.91 Å². The highest BCUT2D eigenvalue weighted by molar-refractivity contribution is 7.09. The predicted octanol–water partition coefficient (Wildman–Crippen LogP) is 1.21. The molecule has 0 aliphatic heterocycles. The fourth-order valence-electron chi connectivity index (χ4n) is 1.65. The largest absolute Gasteiger partial charge is 0.361 e. The minimum absolute atomic E-state index is 0.125. The van der Waals surface area contributed by atoms with Gasteiger partial charge >= 0.3 is 0 Å². The Morgan fingerprint density at radius 3 is 3.00 bits per heavy atom. The van der Waals surface area contributed by atoms with E-state index >= 15 is 0 Å². The molecule has 1 amide bonds. The number of nitrogens with two attached hydrogens (primary N) is 1. The van der Waals surface area contributed by atoms with Crippen LogP contribution in [0, 0.1) is 6.92 Å². The third-order valence-corrected chi connectivity index (χ3v) is 3.46. The molecule has 19 heavy (non-hydrogen) atoms. The molecule has 2 aromatic heterocycles. The molecule has 2 rings (SSSR count). The van der Waals surface area contributed by atoms with Crippen LogP contribution in [0.3, 0.4) is 0 Å². The number of thiazole rings is 1. The van der Waals surface area contributed by atoms with Crippen LogP contribution in [0.4, 0.5) is 0 Å². The first kappa shape index (κ1) is 13.7. The number of nitrogens with zero attached hydrogens (tertiary/aromatic N) is 3. The van der Waals surface area contributed by atoms with Gasteiger partial charge in [-0.3, -0.25) is 4.79 Å². The highest BCUT2D eigenvalue weighted by Crippen LogP contribution is 2.13. The maximum absolute atomic E-state index is 12.2. The van der Waals surface area contributed by atoms with E-state index in [9.17, 15) is 4.79 Å². The van der Waals surface area contributed by atoms with E-state index in [2.05, 4.69) is 10.1 Å². The Labute approximate surface area is 115 Å². The Morgan fingerprint density at radius 1 is 1.58 bits per heavy atom. The Bertz CT molecular complexity index is 564. The lowest BCUT2D eigenvalue weighted by molar-refractivity contribution is 0.0777. The molecule has 0 aliphatic carbocycles. The molecule has 0 unspecified atom stereocenters. The summed E-state index contributed by atoms with van der Waals surface area (Å²) < 4.78 is 4.97. The SMILES string of the molecule is Cc1cc(CN(C)C(=O)c2csc(CCN)n2)no1. The maximum atomic E-state index is 12.2. The highest BCUT2D eigenvalue weighted by Gasteiger charge is 2.16. The van der Waals surface area contributed by atoms with Gasteiger partial charge in [0.05, 0.1) is 11.6 Å². The molecule has 0 aliphatic rings. The minimum Gasteiger partial charge on any atom is -0.361 e. The number of carbonyl (C=O) groups is 1. The number of hydrogen-bond donors (Lipinski definition) is 1. The van der Waals surface area contributed by atoms with Crippen LogP contribution < -0.4 is 5.73 Å². The Morgan fingerprint density at radius 2 is 2.37 bits per heavy atom. The van der Waals surface area contributed by atoms with Crippen molar-refractivity contribution in [2.45, 2.75) is 19.9 Å².